The molecule has 1 aromatic heterocycles. The maximum absolute atomic E-state index is 12.1. The van der Waals surface area contributed by atoms with Crippen molar-refractivity contribution in [2.24, 2.45) is 0 Å². The molecule has 4 aromatic rings. The van der Waals surface area contributed by atoms with Gasteiger partial charge in [0.25, 0.3) is 5.91 Å². The number of aromatic nitrogens is 1. The number of amides is 2. The fraction of sp³-hybridized carbons (Fsp3) is 0.0455. The molecule has 0 spiro atoms. The zero-order chi connectivity index (χ0) is 20.1. The van der Waals surface area contributed by atoms with Gasteiger partial charge in [0.1, 0.15) is 11.5 Å². The highest BCUT2D eigenvalue weighted by Crippen LogP contribution is 2.31. The van der Waals surface area contributed by atoms with Crippen LogP contribution in [0.1, 0.15) is 10.4 Å². The molecule has 1 heterocycles. The standard InChI is InChI=1S/C22H17N3O3S/c26-20(14-23-21(27)15-7-3-1-4-8-15)25-22-24-18-12-11-17(13-19(18)29-22)28-16-9-5-2-6-10-16/h1-13H,14H2,(H,23,27)(H,24,25,26). The van der Waals surface area contributed by atoms with Crippen molar-refractivity contribution in [2.45, 2.75) is 0 Å². The molecule has 29 heavy (non-hydrogen) atoms. The first-order chi connectivity index (χ1) is 14.2. The average molecular weight is 403 g/mol. The normalized spacial score (nSPS) is 10.5. The summed E-state index contributed by atoms with van der Waals surface area (Å²) in [4.78, 5) is 28.6. The van der Waals surface area contributed by atoms with Crippen LogP contribution in [0.15, 0.2) is 78.9 Å². The van der Waals surface area contributed by atoms with Crippen molar-refractivity contribution in [1.29, 1.82) is 0 Å². The lowest BCUT2D eigenvalue weighted by Gasteiger charge is -2.04. The number of para-hydroxylation sites is 1. The molecule has 0 saturated heterocycles. The molecule has 0 atom stereocenters. The Balaban J connectivity index is 1.38. The Labute approximate surface area is 171 Å². The zero-order valence-electron chi connectivity index (χ0n) is 15.3. The molecule has 2 N–H and O–H groups in total. The summed E-state index contributed by atoms with van der Waals surface area (Å²) in [5, 5.41) is 5.78. The third-order valence-electron chi connectivity index (χ3n) is 4.03. The van der Waals surface area contributed by atoms with E-state index in [0.29, 0.717) is 16.4 Å². The van der Waals surface area contributed by atoms with Crippen molar-refractivity contribution in [3.63, 3.8) is 0 Å². The van der Waals surface area contributed by atoms with E-state index in [4.69, 9.17) is 4.74 Å². The van der Waals surface area contributed by atoms with Crippen molar-refractivity contribution in [3.05, 3.63) is 84.4 Å². The fourth-order valence-electron chi connectivity index (χ4n) is 2.66. The molecule has 7 heteroatoms. The lowest BCUT2D eigenvalue weighted by Crippen LogP contribution is -2.32. The first-order valence-corrected chi connectivity index (χ1v) is 9.75. The van der Waals surface area contributed by atoms with Crippen LogP contribution in [0.25, 0.3) is 10.2 Å². The number of hydrogen-bond donors (Lipinski definition) is 2. The number of benzene rings is 3. The van der Waals surface area contributed by atoms with E-state index >= 15 is 0 Å². The summed E-state index contributed by atoms with van der Waals surface area (Å²) >= 11 is 1.35. The quantitative estimate of drug-likeness (QED) is 0.498. The third-order valence-corrected chi connectivity index (χ3v) is 4.96. The highest BCUT2D eigenvalue weighted by atomic mass is 32.1. The molecule has 0 aliphatic carbocycles. The molecule has 0 aliphatic rings. The van der Waals surface area contributed by atoms with Gasteiger partial charge in [-0.1, -0.05) is 47.7 Å². The molecule has 0 saturated carbocycles. The van der Waals surface area contributed by atoms with Crippen LogP contribution in [0, 0.1) is 0 Å². The molecular formula is C22H17N3O3S. The van der Waals surface area contributed by atoms with Crippen LogP contribution in [0.3, 0.4) is 0 Å². The second kappa shape index (κ2) is 8.53. The van der Waals surface area contributed by atoms with Crippen LogP contribution >= 0.6 is 11.3 Å². The van der Waals surface area contributed by atoms with E-state index in [0.717, 1.165) is 16.0 Å². The second-order valence-corrected chi connectivity index (χ2v) is 7.19. The van der Waals surface area contributed by atoms with E-state index in [2.05, 4.69) is 15.6 Å². The number of carbonyl (C=O) groups is 2. The van der Waals surface area contributed by atoms with Crippen LogP contribution in [0.2, 0.25) is 0 Å². The van der Waals surface area contributed by atoms with Crippen molar-refractivity contribution in [1.82, 2.24) is 10.3 Å². The highest BCUT2D eigenvalue weighted by molar-refractivity contribution is 7.22. The number of anilines is 1. The Morgan fingerprint density at radius 1 is 0.897 bits per heavy atom. The van der Waals surface area contributed by atoms with Gasteiger partial charge < -0.3 is 15.4 Å². The molecule has 0 fully saturated rings. The Kier molecular flexibility index (Phi) is 5.49. The van der Waals surface area contributed by atoms with E-state index in [1.54, 1.807) is 24.3 Å². The predicted molar refractivity (Wildman–Crippen MR) is 114 cm³/mol. The maximum Gasteiger partial charge on any atom is 0.251 e. The minimum atomic E-state index is -0.339. The summed E-state index contributed by atoms with van der Waals surface area (Å²) in [6.45, 7) is -0.133. The average Bonchev–Trinajstić information content (AvgIpc) is 3.15. The minimum Gasteiger partial charge on any atom is -0.457 e. The second-order valence-electron chi connectivity index (χ2n) is 6.16. The number of ether oxygens (including phenoxy) is 1. The molecule has 6 nitrogen and oxygen atoms in total. The van der Waals surface area contributed by atoms with Gasteiger partial charge in [-0.15, -0.1) is 0 Å². The topological polar surface area (TPSA) is 80.3 Å². The van der Waals surface area contributed by atoms with E-state index < -0.39 is 0 Å². The molecule has 0 bridgehead atoms. The summed E-state index contributed by atoms with van der Waals surface area (Å²) in [6.07, 6.45) is 0. The Bertz CT molecular complexity index is 1140. The van der Waals surface area contributed by atoms with Crippen LogP contribution in [-0.4, -0.2) is 23.3 Å². The number of nitrogens with zero attached hydrogens (tertiary/aromatic N) is 1. The Morgan fingerprint density at radius 2 is 1.62 bits per heavy atom. The van der Waals surface area contributed by atoms with E-state index in [1.165, 1.54) is 11.3 Å². The van der Waals surface area contributed by atoms with Crippen molar-refractivity contribution < 1.29 is 14.3 Å². The minimum absolute atomic E-state index is 0.133. The zero-order valence-corrected chi connectivity index (χ0v) is 16.1. The van der Waals surface area contributed by atoms with Crippen molar-refractivity contribution in [2.75, 3.05) is 11.9 Å². The van der Waals surface area contributed by atoms with Crippen LogP contribution in [0.5, 0.6) is 11.5 Å². The van der Waals surface area contributed by atoms with Gasteiger partial charge in [-0.3, -0.25) is 9.59 Å². The third kappa shape index (κ3) is 4.77. The van der Waals surface area contributed by atoms with E-state index in [-0.39, 0.29) is 18.4 Å². The molecule has 0 radical (unpaired) electrons. The van der Waals surface area contributed by atoms with Crippen LogP contribution in [0.4, 0.5) is 5.13 Å². The summed E-state index contributed by atoms with van der Waals surface area (Å²) in [5.74, 6) is 0.807. The van der Waals surface area contributed by atoms with Gasteiger partial charge in [0, 0.05) is 11.6 Å². The molecule has 4 rings (SSSR count). The molecule has 0 aliphatic heterocycles. The summed E-state index contributed by atoms with van der Waals surface area (Å²) in [6, 6.07) is 23.8. The molecular weight excluding hydrogens is 386 g/mol. The summed E-state index contributed by atoms with van der Waals surface area (Å²) in [5.41, 5.74) is 1.27. The molecule has 144 valence electrons. The lowest BCUT2D eigenvalue weighted by atomic mass is 10.2. The number of hydrogen-bond acceptors (Lipinski definition) is 5. The number of fused-ring (bicyclic) bond motifs is 1. The van der Waals surface area contributed by atoms with Gasteiger partial charge in [-0.05, 0) is 36.4 Å². The van der Waals surface area contributed by atoms with Gasteiger partial charge in [-0.2, -0.15) is 0 Å². The SMILES string of the molecule is O=C(CNC(=O)c1ccccc1)Nc1nc2ccc(Oc3ccccc3)cc2s1. The first-order valence-electron chi connectivity index (χ1n) is 8.94. The predicted octanol–water partition coefficient (Wildman–Crippen LogP) is 4.46. The van der Waals surface area contributed by atoms with Gasteiger partial charge >= 0.3 is 0 Å². The maximum atomic E-state index is 12.1. The van der Waals surface area contributed by atoms with E-state index in [9.17, 15) is 9.59 Å². The molecule has 3 aromatic carbocycles. The number of rotatable bonds is 6. The number of nitrogens with one attached hydrogen (secondary N) is 2. The fourth-order valence-corrected chi connectivity index (χ4v) is 3.57. The lowest BCUT2D eigenvalue weighted by molar-refractivity contribution is -0.115. The van der Waals surface area contributed by atoms with Crippen molar-refractivity contribution >= 4 is 38.5 Å². The Hall–Kier alpha value is -3.71. The van der Waals surface area contributed by atoms with Gasteiger partial charge in [0.2, 0.25) is 5.91 Å². The van der Waals surface area contributed by atoms with Crippen LogP contribution in [-0.2, 0) is 4.79 Å². The molecule has 2 amide bonds. The largest absolute Gasteiger partial charge is 0.457 e. The van der Waals surface area contributed by atoms with Gasteiger partial charge in [0.05, 0.1) is 16.8 Å². The first kappa shape index (κ1) is 18.6. The number of carbonyl (C=O) groups excluding carboxylic acids is 2. The van der Waals surface area contributed by atoms with E-state index in [1.807, 2.05) is 54.6 Å². The number of thiazole rings is 1. The summed E-state index contributed by atoms with van der Waals surface area (Å²) < 4.78 is 6.72. The van der Waals surface area contributed by atoms with Gasteiger partial charge in [0.15, 0.2) is 5.13 Å². The monoisotopic (exact) mass is 403 g/mol. The van der Waals surface area contributed by atoms with Crippen molar-refractivity contribution in [3.8, 4) is 11.5 Å². The smallest absolute Gasteiger partial charge is 0.251 e. The summed E-state index contributed by atoms with van der Waals surface area (Å²) in [7, 11) is 0. The Morgan fingerprint density at radius 3 is 2.38 bits per heavy atom. The molecule has 0 unspecified atom stereocenters. The van der Waals surface area contributed by atoms with Crippen LogP contribution < -0.4 is 15.4 Å². The van der Waals surface area contributed by atoms with Gasteiger partial charge in [-0.25, -0.2) is 4.98 Å². The highest BCUT2D eigenvalue weighted by Gasteiger charge is 2.11.